The van der Waals surface area contributed by atoms with Crippen molar-refractivity contribution < 1.29 is 4.79 Å². The Labute approximate surface area is 128 Å². The highest BCUT2D eigenvalue weighted by Gasteiger charge is 2.11. The zero-order chi connectivity index (χ0) is 14.6. The molecule has 1 aromatic rings. The zero-order valence-corrected chi connectivity index (χ0v) is 13.1. The van der Waals surface area contributed by atoms with Gasteiger partial charge in [0, 0.05) is 18.5 Å². The number of rotatable bonds is 10. The number of carbonyl (C=O) groups excluding carboxylic acids is 1. The van der Waals surface area contributed by atoms with Gasteiger partial charge in [-0.2, -0.15) is 0 Å². The number of nitrogens with one attached hydrogen (secondary N) is 1. The molecule has 112 valence electrons. The first-order chi connectivity index (χ1) is 9.74. The van der Waals surface area contributed by atoms with Crippen molar-refractivity contribution in [2.75, 3.05) is 18.8 Å². The lowest BCUT2D eigenvalue weighted by molar-refractivity contribution is -0.122. The summed E-state index contributed by atoms with van der Waals surface area (Å²) in [5, 5.41) is 3.82. The Morgan fingerprint density at radius 3 is 2.95 bits per heavy atom. The molecule has 0 saturated heterocycles. The van der Waals surface area contributed by atoms with Crippen LogP contribution >= 0.6 is 21.6 Å². The van der Waals surface area contributed by atoms with Crippen molar-refractivity contribution in [2.24, 2.45) is 11.5 Å². The number of nitrogens with zero attached hydrogens (tertiary/aromatic N) is 1. The number of hydrogen-bond donors (Lipinski definition) is 3. The van der Waals surface area contributed by atoms with Gasteiger partial charge in [0.25, 0.3) is 0 Å². The number of hydrogen-bond acceptors (Lipinski definition) is 6. The molecule has 0 saturated carbocycles. The molecule has 0 aliphatic heterocycles. The van der Waals surface area contributed by atoms with Crippen molar-refractivity contribution in [3.63, 3.8) is 0 Å². The van der Waals surface area contributed by atoms with Crippen LogP contribution in [0.3, 0.4) is 0 Å². The minimum atomic E-state index is -0.421. The summed E-state index contributed by atoms with van der Waals surface area (Å²) < 4.78 is 0. The van der Waals surface area contributed by atoms with Crippen LogP contribution in [-0.4, -0.2) is 35.8 Å². The van der Waals surface area contributed by atoms with Gasteiger partial charge in [0.05, 0.1) is 6.04 Å². The molecule has 0 aliphatic rings. The predicted molar refractivity (Wildman–Crippen MR) is 86.4 cm³/mol. The molecule has 1 heterocycles. The van der Waals surface area contributed by atoms with E-state index < -0.39 is 6.04 Å². The average molecular weight is 314 g/mol. The number of aromatic nitrogens is 1. The maximum absolute atomic E-state index is 11.7. The van der Waals surface area contributed by atoms with Gasteiger partial charge in [0.15, 0.2) is 0 Å². The van der Waals surface area contributed by atoms with E-state index in [0.717, 1.165) is 23.6 Å². The highest BCUT2D eigenvalue weighted by Crippen LogP contribution is 2.28. The van der Waals surface area contributed by atoms with E-state index in [2.05, 4.69) is 10.3 Å². The Balaban J connectivity index is 2.04. The standard InChI is InChI=1S/C13H22N4OS2/c14-7-3-1-5-11(15)13(18)17-9-10-19-20-12-6-2-4-8-16-12/h2,4,6,8,11H,1,3,5,7,9-10,14-15H2,(H,17,18)/t11-/m0/s1. The molecule has 0 bridgehead atoms. The fraction of sp³-hybridized carbons (Fsp3) is 0.538. The fourth-order valence-corrected chi connectivity index (χ4v) is 3.27. The highest BCUT2D eigenvalue weighted by molar-refractivity contribution is 8.76. The monoisotopic (exact) mass is 314 g/mol. The summed E-state index contributed by atoms with van der Waals surface area (Å²) in [6, 6.07) is 5.39. The zero-order valence-electron chi connectivity index (χ0n) is 11.5. The van der Waals surface area contributed by atoms with E-state index in [4.69, 9.17) is 11.5 Å². The van der Waals surface area contributed by atoms with E-state index >= 15 is 0 Å². The third-order valence-corrected chi connectivity index (χ3v) is 4.84. The lowest BCUT2D eigenvalue weighted by Gasteiger charge is -2.11. The Hall–Kier alpha value is -0.760. The van der Waals surface area contributed by atoms with Crippen molar-refractivity contribution in [2.45, 2.75) is 30.3 Å². The average Bonchev–Trinajstić information content (AvgIpc) is 2.48. The molecule has 0 radical (unpaired) electrons. The summed E-state index contributed by atoms with van der Waals surface area (Å²) in [5.41, 5.74) is 11.2. The number of pyridine rings is 1. The maximum Gasteiger partial charge on any atom is 0.236 e. The summed E-state index contributed by atoms with van der Waals surface area (Å²) in [4.78, 5) is 15.9. The SMILES string of the molecule is NCCCC[C@H](N)C(=O)NCCSSc1ccccn1. The normalized spacial score (nSPS) is 12.1. The molecule has 5 N–H and O–H groups in total. The largest absolute Gasteiger partial charge is 0.354 e. The molecule has 0 spiro atoms. The second kappa shape index (κ2) is 11.0. The molecule has 5 nitrogen and oxygen atoms in total. The topological polar surface area (TPSA) is 94.0 Å². The molecule has 1 amide bonds. The number of carbonyl (C=O) groups is 1. The van der Waals surface area contributed by atoms with Crippen molar-refractivity contribution >= 4 is 27.5 Å². The number of nitrogens with two attached hydrogens (primary N) is 2. The minimum Gasteiger partial charge on any atom is -0.354 e. The van der Waals surface area contributed by atoms with Crippen molar-refractivity contribution in [3.05, 3.63) is 24.4 Å². The smallest absolute Gasteiger partial charge is 0.236 e. The molecular formula is C13H22N4OS2. The molecule has 0 aromatic carbocycles. The Morgan fingerprint density at radius 1 is 1.40 bits per heavy atom. The molecule has 0 fully saturated rings. The number of unbranched alkanes of at least 4 members (excludes halogenated alkanes) is 1. The van der Waals surface area contributed by atoms with Gasteiger partial charge in [-0.05, 0) is 42.3 Å². The van der Waals surface area contributed by atoms with Gasteiger partial charge in [0.2, 0.25) is 5.91 Å². The van der Waals surface area contributed by atoms with Gasteiger partial charge in [-0.15, -0.1) is 0 Å². The Kier molecular flexibility index (Phi) is 9.48. The van der Waals surface area contributed by atoms with Crippen LogP contribution in [0.5, 0.6) is 0 Å². The first kappa shape index (κ1) is 17.3. The van der Waals surface area contributed by atoms with Crippen LogP contribution in [-0.2, 0) is 4.79 Å². The van der Waals surface area contributed by atoms with Gasteiger partial charge in [-0.25, -0.2) is 4.98 Å². The minimum absolute atomic E-state index is 0.0783. The van der Waals surface area contributed by atoms with Gasteiger partial charge in [-0.1, -0.05) is 23.3 Å². The third-order valence-electron chi connectivity index (χ3n) is 2.57. The van der Waals surface area contributed by atoms with Gasteiger partial charge < -0.3 is 16.8 Å². The van der Waals surface area contributed by atoms with Gasteiger partial charge in [0.1, 0.15) is 5.03 Å². The van der Waals surface area contributed by atoms with Crippen molar-refractivity contribution in [3.8, 4) is 0 Å². The molecule has 0 unspecified atom stereocenters. The molecule has 7 heteroatoms. The van der Waals surface area contributed by atoms with Crippen LogP contribution in [0.2, 0.25) is 0 Å². The molecule has 20 heavy (non-hydrogen) atoms. The van der Waals surface area contributed by atoms with Crippen LogP contribution in [0.25, 0.3) is 0 Å². The summed E-state index contributed by atoms with van der Waals surface area (Å²) in [7, 11) is 3.27. The van der Waals surface area contributed by atoms with E-state index in [1.165, 1.54) is 0 Å². The lowest BCUT2D eigenvalue weighted by atomic mass is 10.1. The second-order valence-electron chi connectivity index (χ2n) is 4.26. The quantitative estimate of drug-likeness (QED) is 0.446. The van der Waals surface area contributed by atoms with Crippen molar-refractivity contribution in [1.29, 1.82) is 0 Å². The van der Waals surface area contributed by atoms with Crippen LogP contribution < -0.4 is 16.8 Å². The second-order valence-corrected chi connectivity index (χ2v) is 6.69. The highest BCUT2D eigenvalue weighted by atomic mass is 33.1. The van der Waals surface area contributed by atoms with Gasteiger partial charge >= 0.3 is 0 Å². The molecule has 1 aromatic heterocycles. The van der Waals surface area contributed by atoms with Crippen molar-refractivity contribution in [1.82, 2.24) is 10.3 Å². The first-order valence-corrected chi connectivity index (χ1v) is 9.00. The Bertz CT molecular complexity index is 378. The van der Waals surface area contributed by atoms with E-state index in [9.17, 15) is 4.79 Å². The summed E-state index contributed by atoms with van der Waals surface area (Å²) in [6.07, 6.45) is 4.27. The molecule has 0 aliphatic carbocycles. The third kappa shape index (κ3) is 7.74. The fourth-order valence-electron chi connectivity index (χ4n) is 1.49. The maximum atomic E-state index is 11.7. The van der Waals surface area contributed by atoms with E-state index in [0.29, 0.717) is 19.5 Å². The Morgan fingerprint density at radius 2 is 2.25 bits per heavy atom. The molecule has 1 atom stereocenters. The predicted octanol–water partition coefficient (Wildman–Crippen LogP) is 1.39. The first-order valence-electron chi connectivity index (χ1n) is 6.68. The molecular weight excluding hydrogens is 292 g/mol. The summed E-state index contributed by atoms with van der Waals surface area (Å²) >= 11 is 0. The van der Waals surface area contributed by atoms with Gasteiger partial charge in [-0.3, -0.25) is 4.79 Å². The van der Waals surface area contributed by atoms with Crippen LogP contribution in [0.1, 0.15) is 19.3 Å². The van der Waals surface area contributed by atoms with Crippen LogP contribution in [0.15, 0.2) is 29.4 Å². The summed E-state index contributed by atoms with van der Waals surface area (Å²) in [6.45, 7) is 1.27. The van der Waals surface area contributed by atoms with E-state index in [1.807, 2.05) is 18.2 Å². The van der Waals surface area contributed by atoms with Crippen LogP contribution in [0.4, 0.5) is 0 Å². The number of amides is 1. The molecule has 1 rings (SSSR count). The van der Waals surface area contributed by atoms with E-state index in [1.54, 1.807) is 27.8 Å². The lowest BCUT2D eigenvalue weighted by Crippen LogP contribution is -2.41. The summed E-state index contributed by atoms with van der Waals surface area (Å²) in [5.74, 6) is 0.744. The van der Waals surface area contributed by atoms with Crippen LogP contribution in [0, 0.1) is 0 Å². The van der Waals surface area contributed by atoms with E-state index in [-0.39, 0.29) is 5.91 Å².